The summed E-state index contributed by atoms with van der Waals surface area (Å²) in [5.41, 5.74) is 2.08. The Bertz CT molecular complexity index is 857. The molecule has 140 valence electrons. The summed E-state index contributed by atoms with van der Waals surface area (Å²) in [6, 6.07) is 11.9. The van der Waals surface area contributed by atoms with Crippen molar-refractivity contribution in [1.82, 2.24) is 25.3 Å². The van der Waals surface area contributed by atoms with Crippen molar-refractivity contribution >= 4 is 17.4 Å². The maximum Gasteiger partial charge on any atom is 0.317 e. The Morgan fingerprint density at radius 2 is 1.96 bits per heavy atom. The van der Waals surface area contributed by atoms with E-state index in [-0.39, 0.29) is 6.03 Å². The molecule has 3 aromatic rings. The molecule has 1 saturated heterocycles. The van der Waals surface area contributed by atoms with Crippen molar-refractivity contribution in [3.63, 3.8) is 0 Å². The van der Waals surface area contributed by atoms with Gasteiger partial charge in [-0.15, -0.1) is 0 Å². The minimum atomic E-state index is -0.0176. The number of aromatic nitrogens is 2. The van der Waals surface area contributed by atoms with Crippen molar-refractivity contribution < 1.29 is 9.32 Å². The van der Waals surface area contributed by atoms with Gasteiger partial charge in [-0.2, -0.15) is 16.3 Å². The normalized spacial score (nSPS) is 15.0. The van der Waals surface area contributed by atoms with Crippen LogP contribution in [0.5, 0.6) is 0 Å². The zero-order valence-electron chi connectivity index (χ0n) is 14.9. The van der Waals surface area contributed by atoms with Gasteiger partial charge in [0.25, 0.3) is 0 Å². The van der Waals surface area contributed by atoms with Crippen LogP contribution in [0.1, 0.15) is 11.5 Å². The number of benzene rings is 1. The van der Waals surface area contributed by atoms with E-state index >= 15 is 0 Å². The molecule has 27 heavy (non-hydrogen) atoms. The first-order valence-corrected chi connectivity index (χ1v) is 9.86. The Morgan fingerprint density at radius 1 is 1.15 bits per heavy atom. The molecule has 3 heterocycles. The molecule has 0 aliphatic carbocycles. The van der Waals surface area contributed by atoms with Gasteiger partial charge in [-0.3, -0.25) is 4.90 Å². The van der Waals surface area contributed by atoms with Gasteiger partial charge in [0.2, 0.25) is 11.7 Å². The third-order valence-electron chi connectivity index (χ3n) is 4.55. The maximum atomic E-state index is 12.3. The molecule has 0 atom stereocenters. The third-order valence-corrected chi connectivity index (χ3v) is 5.24. The van der Waals surface area contributed by atoms with Crippen LogP contribution in [0.2, 0.25) is 0 Å². The van der Waals surface area contributed by atoms with Gasteiger partial charge < -0.3 is 14.7 Å². The Balaban J connectivity index is 1.23. The van der Waals surface area contributed by atoms with Crippen LogP contribution in [0.3, 0.4) is 0 Å². The van der Waals surface area contributed by atoms with E-state index in [0.717, 1.165) is 24.2 Å². The number of carbonyl (C=O) groups is 1. The number of carbonyl (C=O) groups excluding carboxylic acids is 1. The van der Waals surface area contributed by atoms with Gasteiger partial charge in [-0.1, -0.05) is 35.5 Å². The number of amides is 2. The molecule has 2 aromatic heterocycles. The smallest absolute Gasteiger partial charge is 0.317 e. The van der Waals surface area contributed by atoms with Crippen LogP contribution in [0.15, 0.2) is 51.7 Å². The molecule has 0 saturated carbocycles. The summed E-state index contributed by atoms with van der Waals surface area (Å²) in [7, 11) is 0. The van der Waals surface area contributed by atoms with Crippen LogP contribution in [0.25, 0.3) is 11.4 Å². The molecule has 0 spiro atoms. The first kappa shape index (κ1) is 17.7. The number of nitrogens with one attached hydrogen (secondary N) is 1. The number of thiophene rings is 1. The second-order valence-corrected chi connectivity index (χ2v) is 7.21. The lowest BCUT2D eigenvalue weighted by atomic mass is 10.2. The molecule has 2 amide bonds. The van der Waals surface area contributed by atoms with Gasteiger partial charge in [0.05, 0.1) is 6.54 Å². The molecule has 1 fully saturated rings. The number of nitrogens with zero attached hydrogens (tertiary/aromatic N) is 4. The van der Waals surface area contributed by atoms with Crippen LogP contribution in [0.4, 0.5) is 4.79 Å². The molecule has 0 radical (unpaired) electrons. The number of hydrogen-bond acceptors (Lipinski definition) is 6. The van der Waals surface area contributed by atoms with Gasteiger partial charge in [0, 0.05) is 43.7 Å². The summed E-state index contributed by atoms with van der Waals surface area (Å²) in [6.07, 6.45) is 0. The highest BCUT2D eigenvalue weighted by molar-refractivity contribution is 7.08. The molecule has 1 aliphatic rings. The quantitative estimate of drug-likeness (QED) is 0.733. The predicted molar refractivity (Wildman–Crippen MR) is 103 cm³/mol. The fourth-order valence-corrected chi connectivity index (χ4v) is 3.65. The van der Waals surface area contributed by atoms with Crippen molar-refractivity contribution in [2.24, 2.45) is 0 Å². The summed E-state index contributed by atoms with van der Waals surface area (Å²) >= 11 is 1.61. The van der Waals surface area contributed by atoms with Gasteiger partial charge in [0.1, 0.15) is 0 Å². The average Bonchev–Trinajstić information content (AvgIpc) is 3.39. The lowest BCUT2D eigenvalue weighted by molar-refractivity contribution is 0.126. The number of hydrogen-bond donors (Lipinski definition) is 1. The van der Waals surface area contributed by atoms with Crippen molar-refractivity contribution in [3.8, 4) is 11.4 Å². The maximum absolute atomic E-state index is 12.3. The zero-order chi connectivity index (χ0) is 18.5. The van der Waals surface area contributed by atoms with Crippen molar-refractivity contribution in [1.29, 1.82) is 0 Å². The minimum Gasteiger partial charge on any atom is -0.338 e. The summed E-state index contributed by atoms with van der Waals surface area (Å²) in [4.78, 5) is 20.9. The SMILES string of the molecule is O=C(NCc1ccccc1)N1CCN(Cc2nc(-c3ccsc3)no2)CC1. The van der Waals surface area contributed by atoms with E-state index in [2.05, 4.69) is 20.4 Å². The highest BCUT2D eigenvalue weighted by atomic mass is 32.1. The first-order valence-electron chi connectivity index (χ1n) is 8.92. The lowest BCUT2D eigenvalue weighted by Crippen LogP contribution is -2.51. The Morgan fingerprint density at radius 3 is 2.70 bits per heavy atom. The number of rotatable bonds is 5. The van der Waals surface area contributed by atoms with E-state index in [9.17, 15) is 4.79 Å². The molecule has 1 aliphatic heterocycles. The summed E-state index contributed by atoms with van der Waals surface area (Å²) in [5, 5.41) is 11.0. The van der Waals surface area contributed by atoms with E-state index in [1.807, 2.05) is 52.1 Å². The molecule has 0 bridgehead atoms. The van der Waals surface area contributed by atoms with E-state index in [1.54, 1.807) is 11.3 Å². The lowest BCUT2D eigenvalue weighted by Gasteiger charge is -2.33. The Kier molecular flexibility index (Phi) is 5.45. The second-order valence-electron chi connectivity index (χ2n) is 6.43. The zero-order valence-corrected chi connectivity index (χ0v) is 15.7. The van der Waals surface area contributed by atoms with Crippen LogP contribution in [-0.4, -0.2) is 52.2 Å². The van der Waals surface area contributed by atoms with Crippen molar-refractivity contribution in [2.45, 2.75) is 13.1 Å². The van der Waals surface area contributed by atoms with E-state index in [0.29, 0.717) is 37.9 Å². The van der Waals surface area contributed by atoms with Crippen LogP contribution in [0, 0.1) is 0 Å². The van der Waals surface area contributed by atoms with Gasteiger partial charge in [-0.25, -0.2) is 4.79 Å². The summed E-state index contributed by atoms with van der Waals surface area (Å²) in [5.74, 6) is 1.24. The Hall–Kier alpha value is -2.71. The second kappa shape index (κ2) is 8.32. The molecular formula is C19H21N5O2S. The van der Waals surface area contributed by atoms with Crippen molar-refractivity contribution in [2.75, 3.05) is 26.2 Å². The molecule has 8 heteroatoms. The fourth-order valence-electron chi connectivity index (χ4n) is 3.01. The highest BCUT2D eigenvalue weighted by Gasteiger charge is 2.22. The number of urea groups is 1. The third kappa shape index (κ3) is 4.53. The summed E-state index contributed by atoms with van der Waals surface area (Å²) in [6.45, 7) is 4.10. The first-order chi connectivity index (χ1) is 13.3. The highest BCUT2D eigenvalue weighted by Crippen LogP contribution is 2.19. The van der Waals surface area contributed by atoms with E-state index in [1.165, 1.54) is 0 Å². The minimum absolute atomic E-state index is 0.0176. The average molecular weight is 383 g/mol. The molecule has 1 N–H and O–H groups in total. The molecular weight excluding hydrogens is 362 g/mol. The van der Waals surface area contributed by atoms with Gasteiger partial charge in [-0.05, 0) is 17.0 Å². The molecule has 7 nitrogen and oxygen atoms in total. The summed E-state index contributed by atoms with van der Waals surface area (Å²) < 4.78 is 5.36. The van der Waals surface area contributed by atoms with Crippen LogP contribution in [-0.2, 0) is 13.1 Å². The number of piperazine rings is 1. The monoisotopic (exact) mass is 383 g/mol. The molecule has 4 rings (SSSR count). The molecule has 0 unspecified atom stereocenters. The standard InChI is InChI=1S/C19H21N5O2S/c25-19(20-12-15-4-2-1-3-5-15)24-9-7-23(8-10-24)13-17-21-18(22-26-17)16-6-11-27-14-16/h1-6,11,14H,7-10,12-13H2,(H,20,25). The molecule has 1 aromatic carbocycles. The van der Waals surface area contributed by atoms with Crippen LogP contribution >= 0.6 is 11.3 Å². The van der Waals surface area contributed by atoms with E-state index in [4.69, 9.17) is 4.52 Å². The topological polar surface area (TPSA) is 74.5 Å². The van der Waals surface area contributed by atoms with Gasteiger partial charge >= 0.3 is 6.03 Å². The Labute approximate surface area is 161 Å². The largest absolute Gasteiger partial charge is 0.338 e. The fraction of sp³-hybridized carbons (Fsp3) is 0.316. The predicted octanol–water partition coefficient (Wildman–Crippen LogP) is 2.83. The van der Waals surface area contributed by atoms with Crippen LogP contribution < -0.4 is 5.32 Å². The van der Waals surface area contributed by atoms with Crippen molar-refractivity contribution in [3.05, 3.63) is 58.6 Å². The van der Waals surface area contributed by atoms with Gasteiger partial charge in [0.15, 0.2) is 0 Å². The van der Waals surface area contributed by atoms with E-state index < -0.39 is 0 Å².